The van der Waals surface area contributed by atoms with E-state index in [0.717, 1.165) is 9.36 Å². The third-order valence-corrected chi connectivity index (χ3v) is 4.42. The molecular formula is C15H9Cl4N5O2. The topological polar surface area (TPSA) is 81.8 Å². The van der Waals surface area contributed by atoms with Crippen molar-refractivity contribution in [2.75, 3.05) is 5.32 Å². The molecule has 1 N–H and O–H groups in total. The maximum absolute atomic E-state index is 12.4. The Hall–Kier alpha value is -2.06. The average Bonchev–Trinajstić information content (AvgIpc) is 2.92. The predicted octanol–water partition coefficient (Wildman–Crippen LogP) is 3.68. The number of para-hydroxylation sites is 1. The fourth-order valence-electron chi connectivity index (χ4n) is 2.12. The quantitative estimate of drug-likeness (QED) is 0.681. The Balaban J connectivity index is 1.82. The van der Waals surface area contributed by atoms with Crippen molar-refractivity contribution in [2.24, 2.45) is 0 Å². The molecule has 0 saturated carbocycles. The van der Waals surface area contributed by atoms with Crippen molar-refractivity contribution in [3.05, 3.63) is 67.0 Å². The van der Waals surface area contributed by atoms with E-state index in [4.69, 9.17) is 46.4 Å². The Bertz CT molecular complexity index is 1020. The van der Waals surface area contributed by atoms with Crippen molar-refractivity contribution in [3.63, 3.8) is 0 Å². The van der Waals surface area contributed by atoms with Crippen molar-refractivity contribution >= 4 is 58.0 Å². The van der Waals surface area contributed by atoms with Gasteiger partial charge in [-0.1, -0.05) is 58.5 Å². The molecule has 0 aliphatic carbocycles. The molecule has 26 heavy (non-hydrogen) atoms. The van der Waals surface area contributed by atoms with Crippen LogP contribution in [0.5, 0.6) is 0 Å². The van der Waals surface area contributed by atoms with Gasteiger partial charge in [0.05, 0.1) is 26.4 Å². The Morgan fingerprint density at radius 1 is 1.00 bits per heavy atom. The van der Waals surface area contributed by atoms with Gasteiger partial charge >= 0.3 is 5.69 Å². The van der Waals surface area contributed by atoms with E-state index in [9.17, 15) is 9.59 Å². The maximum Gasteiger partial charge on any atom is 0.369 e. The molecule has 3 rings (SSSR count). The number of nitrogens with one attached hydrogen (secondary N) is 1. The van der Waals surface area contributed by atoms with E-state index in [-0.39, 0.29) is 15.7 Å². The van der Waals surface area contributed by atoms with Crippen molar-refractivity contribution in [2.45, 2.75) is 6.54 Å². The second-order valence-electron chi connectivity index (χ2n) is 5.07. The number of benzene rings is 2. The van der Waals surface area contributed by atoms with Gasteiger partial charge in [-0.05, 0) is 34.7 Å². The number of hydrogen-bond acceptors (Lipinski definition) is 4. The van der Waals surface area contributed by atoms with Crippen molar-refractivity contribution < 1.29 is 4.79 Å². The molecule has 0 unspecified atom stereocenters. The first-order valence-corrected chi connectivity index (χ1v) is 8.60. The number of nitrogens with zero attached hydrogens (tertiary/aromatic N) is 4. The van der Waals surface area contributed by atoms with Gasteiger partial charge in [0.15, 0.2) is 0 Å². The summed E-state index contributed by atoms with van der Waals surface area (Å²) in [6.07, 6.45) is 0. The molecule has 0 fully saturated rings. The van der Waals surface area contributed by atoms with Crippen LogP contribution >= 0.6 is 46.4 Å². The van der Waals surface area contributed by atoms with Gasteiger partial charge < -0.3 is 5.32 Å². The molecule has 7 nitrogen and oxygen atoms in total. The number of amides is 1. The van der Waals surface area contributed by atoms with Crippen LogP contribution in [0.3, 0.4) is 0 Å². The Kier molecular flexibility index (Phi) is 5.52. The second-order valence-corrected chi connectivity index (χ2v) is 6.73. The molecule has 0 bridgehead atoms. The average molecular weight is 433 g/mol. The van der Waals surface area contributed by atoms with Gasteiger partial charge in [0.1, 0.15) is 6.54 Å². The number of aromatic nitrogens is 4. The first-order chi connectivity index (χ1) is 12.4. The molecule has 11 heteroatoms. The van der Waals surface area contributed by atoms with Crippen LogP contribution in [0.4, 0.5) is 5.69 Å². The van der Waals surface area contributed by atoms with E-state index in [0.29, 0.717) is 15.7 Å². The molecule has 1 amide bonds. The van der Waals surface area contributed by atoms with Gasteiger partial charge in [-0.25, -0.2) is 4.79 Å². The SMILES string of the molecule is O=C(Cn1nnn(-c2ccccc2Cl)c1=O)Nc1c(Cl)cc(Cl)cc1Cl. The minimum Gasteiger partial charge on any atom is -0.322 e. The van der Waals surface area contributed by atoms with Crippen LogP contribution in [0.15, 0.2) is 41.2 Å². The lowest BCUT2D eigenvalue weighted by atomic mass is 10.3. The largest absolute Gasteiger partial charge is 0.369 e. The van der Waals surface area contributed by atoms with Crippen LogP contribution in [0.25, 0.3) is 5.69 Å². The molecular weight excluding hydrogens is 424 g/mol. The summed E-state index contributed by atoms with van der Waals surface area (Å²) in [5.41, 5.74) is -0.0783. The third kappa shape index (κ3) is 3.86. The molecule has 0 aliphatic heterocycles. The lowest BCUT2D eigenvalue weighted by molar-refractivity contribution is -0.117. The molecule has 0 spiro atoms. The first kappa shape index (κ1) is 18.7. The van der Waals surface area contributed by atoms with E-state index in [1.54, 1.807) is 24.3 Å². The van der Waals surface area contributed by atoms with E-state index < -0.39 is 18.1 Å². The van der Waals surface area contributed by atoms with Gasteiger partial charge in [0.25, 0.3) is 0 Å². The van der Waals surface area contributed by atoms with Crippen molar-refractivity contribution in [1.82, 2.24) is 19.8 Å². The molecule has 0 aliphatic rings. The normalized spacial score (nSPS) is 10.8. The van der Waals surface area contributed by atoms with Crippen LogP contribution in [0.2, 0.25) is 20.1 Å². The molecule has 0 atom stereocenters. The minimum absolute atomic E-state index is 0.169. The summed E-state index contributed by atoms with van der Waals surface area (Å²) in [5.74, 6) is -0.565. The van der Waals surface area contributed by atoms with Crippen LogP contribution < -0.4 is 11.0 Å². The minimum atomic E-state index is -0.624. The standard InChI is InChI=1S/C15H9Cl4N5O2/c16-8-5-10(18)14(11(19)6-8)20-13(25)7-23-15(26)24(22-21-23)12-4-2-1-3-9(12)17/h1-6H,7H2,(H,20,25). The van der Waals surface area contributed by atoms with Crippen LogP contribution in [-0.2, 0) is 11.3 Å². The first-order valence-electron chi connectivity index (χ1n) is 7.09. The summed E-state index contributed by atoms with van der Waals surface area (Å²) in [4.78, 5) is 24.6. The van der Waals surface area contributed by atoms with E-state index >= 15 is 0 Å². The smallest absolute Gasteiger partial charge is 0.322 e. The summed E-state index contributed by atoms with van der Waals surface area (Å²) >= 11 is 23.9. The van der Waals surface area contributed by atoms with Gasteiger partial charge in [-0.3, -0.25) is 4.79 Å². The van der Waals surface area contributed by atoms with Gasteiger partial charge in [0.2, 0.25) is 5.91 Å². The highest BCUT2D eigenvalue weighted by Crippen LogP contribution is 2.33. The Morgan fingerprint density at radius 3 is 2.31 bits per heavy atom. The highest BCUT2D eigenvalue weighted by molar-refractivity contribution is 6.42. The van der Waals surface area contributed by atoms with Gasteiger partial charge in [0, 0.05) is 5.02 Å². The zero-order valence-electron chi connectivity index (χ0n) is 12.8. The number of rotatable bonds is 4. The van der Waals surface area contributed by atoms with Gasteiger partial charge in [-0.2, -0.15) is 9.36 Å². The number of tetrazole rings is 1. The Labute approximate surface area is 167 Å². The highest BCUT2D eigenvalue weighted by atomic mass is 35.5. The summed E-state index contributed by atoms with van der Waals surface area (Å²) in [7, 11) is 0. The molecule has 2 aromatic carbocycles. The second kappa shape index (κ2) is 7.67. The van der Waals surface area contributed by atoms with E-state index in [1.165, 1.54) is 12.1 Å². The lowest BCUT2D eigenvalue weighted by Crippen LogP contribution is -2.30. The van der Waals surface area contributed by atoms with E-state index in [2.05, 4.69) is 15.7 Å². The fraction of sp³-hybridized carbons (Fsp3) is 0.0667. The molecule has 0 radical (unpaired) electrons. The summed E-state index contributed by atoms with van der Waals surface area (Å²) in [6.45, 7) is -0.390. The number of hydrogen-bond donors (Lipinski definition) is 1. The van der Waals surface area contributed by atoms with Crippen LogP contribution in [0, 0.1) is 0 Å². The van der Waals surface area contributed by atoms with Crippen molar-refractivity contribution in [3.8, 4) is 5.69 Å². The molecule has 134 valence electrons. The molecule has 1 heterocycles. The van der Waals surface area contributed by atoms with Crippen molar-refractivity contribution in [1.29, 1.82) is 0 Å². The van der Waals surface area contributed by atoms with Gasteiger partial charge in [-0.15, -0.1) is 0 Å². The zero-order valence-corrected chi connectivity index (χ0v) is 15.8. The third-order valence-electron chi connectivity index (χ3n) is 3.28. The number of carbonyl (C=O) groups is 1. The zero-order chi connectivity index (χ0) is 18.8. The maximum atomic E-state index is 12.4. The number of anilines is 1. The summed E-state index contributed by atoms with van der Waals surface area (Å²) in [6, 6.07) is 9.50. The fourth-order valence-corrected chi connectivity index (χ4v) is 3.25. The van der Waals surface area contributed by atoms with Crippen LogP contribution in [0.1, 0.15) is 0 Å². The molecule has 3 aromatic rings. The molecule has 1 aromatic heterocycles. The number of halogens is 4. The predicted molar refractivity (Wildman–Crippen MR) is 101 cm³/mol. The summed E-state index contributed by atoms with van der Waals surface area (Å²) in [5, 5.41) is 10.9. The summed E-state index contributed by atoms with van der Waals surface area (Å²) < 4.78 is 1.88. The Morgan fingerprint density at radius 2 is 1.65 bits per heavy atom. The lowest BCUT2D eigenvalue weighted by Gasteiger charge is -2.09. The highest BCUT2D eigenvalue weighted by Gasteiger charge is 2.16. The molecule has 0 saturated heterocycles. The van der Waals surface area contributed by atoms with E-state index in [1.807, 2.05) is 0 Å². The monoisotopic (exact) mass is 431 g/mol. The van der Waals surface area contributed by atoms with Crippen LogP contribution in [-0.4, -0.2) is 25.7 Å². The number of carbonyl (C=O) groups excluding carboxylic acids is 1.